The van der Waals surface area contributed by atoms with E-state index in [1.54, 1.807) is 7.11 Å². The third kappa shape index (κ3) is 4.43. The van der Waals surface area contributed by atoms with Gasteiger partial charge in [0.15, 0.2) is 5.13 Å². The topological polar surface area (TPSA) is 37.4 Å². The second-order valence-corrected chi connectivity index (χ2v) is 6.50. The molecule has 116 valence electrons. The van der Waals surface area contributed by atoms with Crippen molar-refractivity contribution in [1.29, 1.82) is 0 Å². The average molecular weight is 299 g/mol. The fourth-order valence-corrected chi connectivity index (χ4v) is 3.48. The van der Waals surface area contributed by atoms with Gasteiger partial charge in [-0.15, -0.1) is 11.3 Å². The maximum Gasteiger partial charge on any atom is 0.186 e. The Bertz CT molecular complexity index is 392. The number of hydrogen-bond donors (Lipinski definition) is 1. The minimum Gasteiger partial charge on any atom is -0.383 e. The van der Waals surface area contributed by atoms with Gasteiger partial charge in [-0.2, -0.15) is 0 Å². The molecule has 0 radical (unpaired) electrons. The van der Waals surface area contributed by atoms with Gasteiger partial charge in [-0.3, -0.25) is 0 Å². The molecule has 0 aliphatic rings. The predicted octanol–water partition coefficient (Wildman–Crippen LogP) is 3.24. The van der Waals surface area contributed by atoms with Crippen LogP contribution in [0.4, 0.5) is 5.13 Å². The Kier molecular flexibility index (Phi) is 7.48. The number of nitrogens with one attached hydrogen (secondary N) is 1. The van der Waals surface area contributed by atoms with Gasteiger partial charge in [0, 0.05) is 31.1 Å². The molecule has 0 amide bonds. The zero-order valence-corrected chi connectivity index (χ0v) is 14.5. The lowest BCUT2D eigenvalue weighted by Crippen LogP contribution is -2.35. The summed E-state index contributed by atoms with van der Waals surface area (Å²) in [6, 6.07) is 0.485. The first-order chi connectivity index (χ1) is 9.54. The van der Waals surface area contributed by atoms with E-state index in [9.17, 15) is 0 Å². The zero-order valence-electron chi connectivity index (χ0n) is 13.7. The summed E-state index contributed by atoms with van der Waals surface area (Å²) in [6.45, 7) is 11.4. The summed E-state index contributed by atoms with van der Waals surface area (Å²) in [6.07, 6.45) is 1.11. The van der Waals surface area contributed by atoms with Gasteiger partial charge in [-0.25, -0.2) is 4.98 Å². The van der Waals surface area contributed by atoms with Gasteiger partial charge >= 0.3 is 0 Å². The van der Waals surface area contributed by atoms with Crippen molar-refractivity contribution in [2.45, 2.75) is 52.6 Å². The summed E-state index contributed by atoms with van der Waals surface area (Å²) in [5.74, 6) is 0.463. The number of ether oxygens (including phenoxy) is 1. The van der Waals surface area contributed by atoms with E-state index in [1.165, 1.54) is 10.6 Å². The van der Waals surface area contributed by atoms with Crippen LogP contribution in [-0.2, 0) is 11.3 Å². The first-order valence-corrected chi connectivity index (χ1v) is 8.26. The van der Waals surface area contributed by atoms with Gasteiger partial charge in [0.1, 0.15) is 0 Å². The van der Waals surface area contributed by atoms with Crippen LogP contribution >= 0.6 is 11.3 Å². The molecule has 0 fully saturated rings. The van der Waals surface area contributed by atoms with Crippen LogP contribution in [0.15, 0.2) is 0 Å². The van der Waals surface area contributed by atoms with Gasteiger partial charge in [0.25, 0.3) is 0 Å². The summed E-state index contributed by atoms with van der Waals surface area (Å²) in [4.78, 5) is 8.62. The predicted molar refractivity (Wildman–Crippen MR) is 87.9 cm³/mol. The molecule has 4 nitrogen and oxygen atoms in total. The van der Waals surface area contributed by atoms with Gasteiger partial charge in [0.2, 0.25) is 0 Å². The number of aromatic nitrogens is 1. The van der Waals surface area contributed by atoms with Crippen LogP contribution in [0.3, 0.4) is 0 Å². The Morgan fingerprint density at radius 1 is 1.35 bits per heavy atom. The Morgan fingerprint density at radius 2 is 2.05 bits per heavy atom. The highest BCUT2D eigenvalue weighted by Gasteiger charge is 2.20. The van der Waals surface area contributed by atoms with Crippen LogP contribution in [0.25, 0.3) is 0 Å². The van der Waals surface area contributed by atoms with Crippen molar-refractivity contribution in [3.63, 3.8) is 0 Å². The van der Waals surface area contributed by atoms with E-state index in [1.807, 2.05) is 18.4 Å². The monoisotopic (exact) mass is 299 g/mol. The smallest absolute Gasteiger partial charge is 0.186 e. The molecule has 0 bridgehead atoms. The summed E-state index contributed by atoms with van der Waals surface area (Å²) in [5.41, 5.74) is 1.23. The van der Waals surface area contributed by atoms with Crippen molar-refractivity contribution in [2.24, 2.45) is 0 Å². The molecule has 0 saturated carbocycles. The summed E-state index contributed by atoms with van der Waals surface area (Å²) in [5, 5.41) is 4.38. The molecule has 5 heteroatoms. The van der Waals surface area contributed by atoms with E-state index >= 15 is 0 Å². The molecule has 1 aromatic heterocycles. The zero-order chi connectivity index (χ0) is 15.1. The second-order valence-electron chi connectivity index (χ2n) is 5.43. The van der Waals surface area contributed by atoms with E-state index in [0.29, 0.717) is 12.0 Å². The van der Waals surface area contributed by atoms with Crippen LogP contribution < -0.4 is 10.2 Å². The normalized spacial score (nSPS) is 12.9. The van der Waals surface area contributed by atoms with Crippen molar-refractivity contribution in [1.82, 2.24) is 10.3 Å². The number of methoxy groups -OCH3 is 1. The fourth-order valence-electron chi connectivity index (χ4n) is 2.13. The van der Waals surface area contributed by atoms with E-state index in [4.69, 9.17) is 9.72 Å². The highest BCUT2D eigenvalue weighted by molar-refractivity contribution is 7.15. The molecular weight excluding hydrogens is 270 g/mol. The van der Waals surface area contributed by atoms with Crippen molar-refractivity contribution in [3.05, 3.63) is 10.6 Å². The first-order valence-electron chi connectivity index (χ1n) is 7.44. The lowest BCUT2D eigenvalue weighted by molar-refractivity contribution is 0.203. The lowest BCUT2D eigenvalue weighted by Gasteiger charge is -2.27. The summed E-state index contributed by atoms with van der Waals surface area (Å²) < 4.78 is 5.24. The molecular formula is C15H29N3OS. The molecule has 0 aliphatic carbocycles. The number of hydrogen-bond acceptors (Lipinski definition) is 5. The Labute approximate surface area is 127 Å². The third-order valence-electron chi connectivity index (χ3n) is 3.51. The Morgan fingerprint density at radius 3 is 2.55 bits per heavy atom. The van der Waals surface area contributed by atoms with Crippen LogP contribution in [0.2, 0.25) is 0 Å². The van der Waals surface area contributed by atoms with Crippen LogP contribution in [0.1, 0.15) is 50.6 Å². The Hall–Kier alpha value is -0.650. The largest absolute Gasteiger partial charge is 0.383 e. The summed E-state index contributed by atoms with van der Waals surface area (Å²) in [7, 11) is 3.74. The number of thiazole rings is 1. The molecule has 20 heavy (non-hydrogen) atoms. The number of rotatable bonds is 9. The number of anilines is 1. The molecule has 0 saturated heterocycles. The SMILES string of the molecule is CCC(C)N(CCOC)c1nc(C(C)C)c(CNC)s1. The molecule has 0 spiro atoms. The minimum absolute atomic E-state index is 0.463. The molecule has 1 atom stereocenters. The third-order valence-corrected chi connectivity index (χ3v) is 4.61. The van der Waals surface area contributed by atoms with Crippen molar-refractivity contribution in [2.75, 3.05) is 32.2 Å². The van der Waals surface area contributed by atoms with Crippen LogP contribution in [0, 0.1) is 0 Å². The Balaban J connectivity index is 3.03. The first kappa shape index (κ1) is 17.4. The highest BCUT2D eigenvalue weighted by atomic mass is 32.1. The molecule has 1 aromatic rings. The van der Waals surface area contributed by atoms with E-state index in [-0.39, 0.29) is 0 Å². The molecule has 1 N–H and O–H groups in total. The van der Waals surface area contributed by atoms with Gasteiger partial charge in [-0.05, 0) is 26.3 Å². The highest BCUT2D eigenvalue weighted by Crippen LogP contribution is 2.32. The fraction of sp³-hybridized carbons (Fsp3) is 0.800. The second kappa shape index (κ2) is 8.60. The molecule has 1 heterocycles. The lowest BCUT2D eigenvalue weighted by atomic mass is 10.1. The molecule has 0 aromatic carbocycles. The van der Waals surface area contributed by atoms with Crippen molar-refractivity contribution >= 4 is 16.5 Å². The average Bonchev–Trinajstić information content (AvgIpc) is 2.83. The van der Waals surface area contributed by atoms with Crippen LogP contribution in [0.5, 0.6) is 0 Å². The van der Waals surface area contributed by atoms with E-state index in [2.05, 4.69) is 37.9 Å². The van der Waals surface area contributed by atoms with Gasteiger partial charge in [-0.1, -0.05) is 20.8 Å². The van der Waals surface area contributed by atoms with Gasteiger partial charge in [0.05, 0.1) is 12.3 Å². The molecule has 0 aliphatic heterocycles. The molecule has 1 unspecified atom stereocenters. The maximum absolute atomic E-state index is 5.24. The van der Waals surface area contributed by atoms with Crippen molar-refractivity contribution in [3.8, 4) is 0 Å². The summed E-state index contributed by atoms with van der Waals surface area (Å²) >= 11 is 1.81. The number of nitrogens with zero attached hydrogens (tertiary/aromatic N) is 2. The quantitative estimate of drug-likeness (QED) is 0.759. The van der Waals surface area contributed by atoms with E-state index < -0.39 is 0 Å². The molecule has 1 rings (SSSR count). The standard InChI is InChI=1S/C15H29N3OS/c1-7-12(4)18(8-9-19-6)15-17-14(11(2)3)13(20-15)10-16-5/h11-12,16H,7-10H2,1-6H3. The van der Waals surface area contributed by atoms with Gasteiger partial charge < -0.3 is 15.0 Å². The van der Waals surface area contributed by atoms with Crippen molar-refractivity contribution < 1.29 is 4.74 Å². The maximum atomic E-state index is 5.24. The van der Waals surface area contributed by atoms with Crippen LogP contribution in [-0.4, -0.2) is 38.3 Å². The van der Waals surface area contributed by atoms with E-state index in [0.717, 1.165) is 31.2 Å². The minimum atomic E-state index is 0.463.